The van der Waals surface area contributed by atoms with Gasteiger partial charge in [0.2, 0.25) is 0 Å². The van der Waals surface area contributed by atoms with Gasteiger partial charge in [-0.3, -0.25) is 9.59 Å². The molecule has 0 radical (unpaired) electrons. The number of rotatable bonds is 3. The highest BCUT2D eigenvalue weighted by Crippen LogP contribution is 2.20. The molecule has 22 heavy (non-hydrogen) atoms. The van der Waals surface area contributed by atoms with Crippen LogP contribution in [0.4, 0.5) is 0 Å². The number of benzene rings is 1. The molecule has 1 amide bonds. The Balaban J connectivity index is 2.13. The number of nitrogens with zero attached hydrogens (tertiary/aromatic N) is 1. The first-order valence-corrected chi connectivity index (χ1v) is 7.75. The summed E-state index contributed by atoms with van der Waals surface area (Å²) in [5.41, 5.74) is 8.33. The molecule has 4 heteroatoms. The van der Waals surface area contributed by atoms with E-state index in [1.165, 1.54) is 0 Å². The molecule has 0 aliphatic heterocycles. The minimum atomic E-state index is -0.640. The van der Waals surface area contributed by atoms with Crippen LogP contribution in [0.2, 0.25) is 0 Å². The SMILES string of the molecule is NC(=O)c1cn(Cc2ccccc2)c2c(c1=O)CCCCC2. The number of hydrogen-bond donors (Lipinski definition) is 1. The van der Waals surface area contributed by atoms with E-state index in [1.807, 2.05) is 34.9 Å². The van der Waals surface area contributed by atoms with Gasteiger partial charge in [-0.25, -0.2) is 0 Å². The van der Waals surface area contributed by atoms with Gasteiger partial charge in [0, 0.05) is 24.0 Å². The molecular weight excluding hydrogens is 276 g/mol. The molecule has 0 atom stereocenters. The van der Waals surface area contributed by atoms with Crippen LogP contribution in [-0.4, -0.2) is 10.5 Å². The van der Waals surface area contributed by atoms with Gasteiger partial charge >= 0.3 is 0 Å². The van der Waals surface area contributed by atoms with E-state index in [2.05, 4.69) is 0 Å². The van der Waals surface area contributed by atoms with Crippen molar-refractivity contribution in [3.63, 3.8) is 0 Å². The third-order valence-corrected chi connectivity index (χ3v) is 4.30. The van der Waals surface area contributed by atoms with E-state index < -0.39 is 5.91 Å². The maximum absolute atomic E-state index is 12.5. The highest BCUT2D eigenvalue weighted by atomic mass is 16.2. The molecule has 0 bridgehead atoms. The normalized spacial score (nSPS) is 14.2. The zero-order chi connectivity index (χ0) is 15.5. The van der Waals surface area contributed by atoms with Crippen LogP contribution >= 0.6 is 0 Å². The Morgan fingerprint density at radius 2 is 1.82 bits per heavy atom. The smallest absolute Gasteiger partial charge is 0.254 e. The van der Waals surface area contributed by atoms with Gasteiger partial charge in [-0.15, -0.1) is 0 Å². The van der Waals surface area contributed by atoms with Crippen LogP contribution in [0.1, 0.15) is 46.4 Å². The molecule has 2 N–H and O–H groups in total. The van der Waals surface area contributed by atoms with E-state index in [1.54, 1.807) is 6.20 Å². The van der Waals surface area contributed by atoms with E-state index in [4.69, 9.17) is 5.73 Å². The van der Waals surface area contributed by atoms with Gasteiger partial charge in [-0.2, -0.15) is 0 Å². The fourth-order valence-corrected chi connectivity index (χ4v) is 3.18. The zero-order valence-electron chi connectivity index (χ0n) is 12.5. The molecule has 2 aromatic rings. The summed E-state index contributed by atoms with van der Waals surface area (Å²) in [5.74, 6) is -0.640. The molecule has 3 rings (SSSR count). The highest BCUT2D eigenvalue weighted by molar-refractivity contribution is 5.92. The number of primary amides is 1. The minimum Gasteiger partial charge on any atom is -0.365 e. The molecular formula is C18H20N2O2. The van der Waals surface area contributed by atoms with Gasteiger partial charge in [0.05, 0.1) is 0 Å². The van der Waals surface area contributed by atoms with Crippen LogP contribution in [0.15, 0.2) is 41.3 Å². The third-order valence-electron chi connectivity index (χ3n) is 4.30. The fraction of sp³-hybridized carbons (Fsp3) is 0.333. The summed E-state index contributed by atoms with van der Waals surface area (Å²) in [5, 5.41) is 0. The van der Waals surface area contributed by atoms with Gasteiger partial charge in [0.25, 0.3) is 5.91 Å². The van der Waals surface area contributed by atoms with Crippen molar-refractivity contribution in [1.82, 2.24) is 4.57 Å². The first-order chi connectivity index (χ1) is 10.7. The zero-order valence-corrected chi connectivity index (χ0v) is 12.5. The van der Waals surface area contributed by atoms with Crippen molar-refractivity contribution in [3.8, 4) is 0 Å². The second kappa shape index (κ2) is 6.18. The summed E-state index contributed by atoms with van der Waals surface area (Å²) in [6.45, 7) is 0.656. The van der Waals surface area contributed by atoms with Crippen LogP contribution in [0.3, 0.4) is 0 Å². The molecule has 0 fully saturated rings. The summed E-state index contributed by atoms with van der Waals surface area (Å²) < 4.78 is 2.04. The lowest BCUT2D eigenvalue weighted by Crippen LogP contribution is -2.28. The number of pyridine rings is 1. The van der Waals surface area contributed by atoms with E-state index in [0.717, 1.165) is 48.9 Å². The Bertz CT molecular complexity index is 748. The Hall–Kier alpha value is -2.36. The number of aromatic nitrogens is 1. The number of amides is 1. The maximum Gasteiger partial charge on any atom is 0.254 e. The summed E-state index contributed by atoms with van der Waals surface area (Å²) in [4.78, 5) is 24.1. The van der Waals surface area contributed by atoms with E-state index in [9.17, 15) is 9.59 Å². The Labute approximate surface area is 129 Å². The van der Waals surface area contributed by atoms with Crippen molar-refractivity contribution in [2.45, 2.75) is 38.6 Å². The quantitative estimate of drug-likeness (QED) is 0.883. The van der Waals surface area contributed by atoms with Crippen molar-refractivity contribution < 1.29 is 4.79 Å². The number of carbonyl (C=O) groups excluding carboxylic acids is 1. The summed E-state index contributed by atoms with van der Waals surface area (Å²) in [6, 6.07) is 10.1. The molecule has 0 unspecified atom stereocenters. The predicted molar refractivity (Wildman–Crippen MR) is 86.0 cm³/mol. The molecule has 4 nitrogen and oxygen atoms in total. The molecule has 0 spiro atoms. The van der Waals surface area contributed by atoms with E-state index in [0.29, 0.717) is 6.54 Å². The summed E-state index contributed by atoms with van der Waals surface area (Å²) in [6.07, 6.45) is 6.46. The topological polar surface area (TPSA) is 65.1 Å². The summed E-state index contributed by atoms with van der Waals surface area (Å²) >= 11 is 0. The van der Waals surface area contributed by atoms with Crippen LogP contribution < -0.4 is 11.2 Å². The van der Waals surface area contributed by atoms with E-state index in [-0.39, 0.29) is 11.0 Å². The summed E-state index contributed by atoms with van der Waals surface area (Å²) in [7, 11) is 0. The largest absolute Gasteiger partial charge is 0.365 e. The van der Waals surface area contributed by atoms with Crippen molar-refractivity contribution in [3.05, 3.63) is 69.1 Å². The average Bonchev–Trinajstić information content (AvgIpc) is 2.77. The lowest BCUT2D eigenvalue weighted by atomic mass is 10.0. The van der Waals surface area contributed by atoms with Crippen molar-refractivity contribution in [1.29, 1.82) is 0 Å². The second-order valence-corrected chi connectivity index (χ2v) is 5.84. The molecule has 1 aliphatic rings. The number of fused-ring (bicyclic) bond motifs is 1. The van der Waals surface area contributed by atoms with Crippen LogP contribution in [0.25, 0.3) is 0 Å². The van der Waals surface area contributed by atoms with Crippen LogP contribution in [-0.2, 0) is 19.4 Å². The molecule has 0 saturated heterocycles. The predicted octanol–water partition coefficient (Wildman–Crippen LogP) is 2.26. The van der Waals surface area contributed by atoms with Gasteiger partial charge < -0.3 is 10.3 Å². The van der Waals surface area contributed by atoms with Crippen molar-refractivity contribution in [2.24, 2.45) is 5.73 Å². The lowest BCUT2D eigenvalue weighted by Gasteiger charge is -2.17. The second-order valence-electron chi connectivity index (χ2n) is 5.84. The molecule has 1 aliphatic carbocycles. The maximum atomic E-state index is 12.5. The molecule has 0 saturated carbocycles. The standard InChI is InChI=1S/C18H20N2O2/c19-18(22)15-12-20(11-13-7-3-1-4-8-13)16-10-6-2-5-9-14(16)17(15)21/h1,3-4,7-8,12H,2,5-6,9-11H2,(H2,19,22). The Morgan fingerprint density at radius 1 is 1.09 bits per heavy atom. The molecule has 114 valence electrons. The number of nitrogens with two attached hydrogens (primary N) is 1. The van der Waals surface area contributed by atoms with E-state index >= 15 is 0 Å². The molecule has 1 aromatic heterocycles. The molecule has 1 aromatic carbocycles. The Kier molecular flexibility index (Phi) is 4.09. The molecule has 1 heterocycles. The third kappa shape index (κ3) is 2.82. The van der Waals surface area contributed by atoms with Gasteiger partial charge in [0.1, 0.15) is 5.56 Å². The van der Waals surface area contributed by atoms with Crippen molar-refractivity contribution >= 4 is 5.91 Å². The van der Waals surface area contributed by atoms with Gasteiger partial charge in [-0.05, 0) is 31.2 Å². The van der Waals surface area contributed by atoms with Gasteiger partial charge in [0.15, 0.2) is 5.43 Å². The minimum absolute atomic E-state index is 0.108. The monoisotopic (exact) mass is 296 g/mol. The highest BCUT2D eigenvalue weighted by Gasteiger charge is 2.19. The number of carbonyl (C=O) groups is 1. The lowest BCUT2D eigenvalue weighted by molar-refractivity contribution is 0.0998. The van der Waals surface area contributed by atoms with Crippen LogP contribution in [0, 0.1) is 0 Å². The van der Waals surface area contributed by atoms with Crippen LogP contribution in [0.5, 0.6) is 0 Å². The number of hydrogen-bond acceptors (Lipinski definition) is 2. The first-order valence-electron chi connectivity index (χ1n) is 7.75. The average molecular weight is 296 g/mol. The van der Waals surface area contributed by atoms with Crippen molar-refractivity contribution in [2.75, 3.05) is 0 Å². The fourth-order valence-electron chi connectivity index (χ4n) is 3.18. The first kappa shape index (κ1) is 14.6. The van der Waals surface area contributed by atoms with Gasteiger partial charge in [-0.1, -0.05) is 36.8 Å². The Morgan fingerprint density at radius 3 is 2.55 bits per heavy atom.